The molecule has 0 aromatic rings. The number of hydrogen-bond donors (Lipinski definition) is 1. The third-order valence-electron chi connectivity index (χ3n) is 3.59. The van der Waals surface area contributed by atoms with E-state index in [4.69, 9.17) is 4.74 Å². The van der Waals surface area contributed by atoms with Gasteiger partial charge in [-0.3, -0.25) is 4.79 Å². The summed E-state index contributed by atoms with van der Waals surface area (Å²) < 4.78 is 5.42. The largest absolute Gasteiger partial charge is 0.381 e. The average molecular weight is 426 g/mol. The van der Waals surface area contributed by atoms with E-state index in [1.54, 1.807) is 19.0 Å². The molecule has 1 saturated heterocycles. The Kier molecular flexibility index (Phi) is 11.6. The number of carbonyl (C=O) groups excluding carboxylic acids is 1. The number of ether oxygens (including phenoxy) is 1. The van der Waals surface area contributed by atoms with Gasteiger partial charge in [0.2, 0.25) is 5.91 Å². The Labute approximate surface area is 151 Å². The van der Waals surface area contributed by atoms with Crippen molar-refractivity contribution in [1.29, 1.82) is 0 Å². The number of hydrogen-bond acceptors (Lipinski definition) is 3. The summed E-state index contributed by atoms with van der Waals surface area (Å²) >= 11 is 0. The molecular weight excluding hydrogens is 395 g/mol. The van der Waals surface area contributed by atoms with E-state index >= 15 is 0 Å². The van der Waals surface area contributed by atoms with E-state index in [0.717, 1.165) is 51.5 Å². The Morgan fingerprint density at radius 1 is 1.36 bits per heavy atom. The van der Waals surface area contributed by atoms with E-state index in [9.17, 15) is 4.79 Å². The van der Waals surface area contributed by atoms with Gasteiger partial charge in [-0.05, 0) is 12.8 Å². The van der Waals surface area contributed by atoms with Gasteiger partial charge < -0.3 is 19.9 Å². The first-order valence-electron chi connectivity index (χ1n) is 7.82. The maximum atomic E-state index is 11.7. The van der Waals surface area contributed by atoms with Crippen molar-refractivity contribution in [3.05, 3.63) is 0 Å². The Balaban J connectivity index is 0.00000441. The van der Waals surface area contributed by atoms with Crippen molar-refractivity contribution in [2.24, 2.45) is 10.9 Å². The third-order valence-corrected chi connectivity index (χ3v) is 3.59. The molecule has 1 fully saturated rings. The molecule has 1 unspecified atom stereocenters. The summed E-state index contributed by atoms with van der Waals surface area (Å²) in [6.45, 7) is 5.82. The number of guanidine groups is 1. The molecule has 0 aromatic heterocycles. The molecule has 1 aliphatic rings. The van der Waals surface area contributed by atoms with Crippen molar-refractivity contribution in [1.82, 2.24) is 15.1 Å². The second-order valence-electron chi connectivity index (χ2n) is 5.82. The monoisotopic (exact) mass is 426 g/mol. The maximum Gasteiger partial charge on any atom is 0.243 e. The van der Waals surface area contributed by atoms with Crippen LogP contribution in [0, 0.1) is 5.92 Å². The van der Waals surface area contributed by atoms with Gasteiger partial charge in [0.05, 0.1) is 6.61 Å². The van der Waals surface area contributed by atoms with E-state index in [-0.39, 0.29) is 36.4 Å². The standard InChI is InChI=1S/C15H30N4O2.HI/c1-5-6-8-16-15(17-10-14(20)18(2)3)19(4)11-13-7-9-21-12-13;/h13H,5-12H2,1-4H3,(H,16,17);1H. The zero-order valence-corrected chi connectivity index (χ0v) is 16.6. The Hall–Kier alpha value is -0.570. The molecule has 1 N–H and O–H groups in total. The molecule has 1 rings (SSSR count). The summed E-state index contributed by atoms with van der Waals surface area (Å²) in [6, 6.07) is 0. The second-order valence-corrected chi connectivity index (χ2v) is 5.82. The lowest BCUT2D eigenvalue weighted by molar-refractivity contribution is -0.127. The van der Waals surface area contributed by atoms with Crippen molar-refractivity contribution in [2.45, 2.75) is 26.2 Å². The number of aliphatic imine (C=N–C) groups is 1. The lowest BCUT2D eigenvalue weighted by atomic mass is 10.1. The molecule has 0 saturated carbocycles. The molecule has 0 aliphatic carbocycles. The van der Waals surface area contributed by atoms with Gasteiger partial charge in [-0.15, -0.1) is 24.0 Å². The molecule has 22 heavy (non-hydrogen) atoms. The number of unbranched alkanes of at least 4 members (excludes halogenated alkanes) is 1. The van der Waals surface area contributed by atoms with E-state index in [0.29, 0.717) is 5.92 Å². The van der Waals surface area contributed by atoms with Gasteiger partial charge in [-0.25, -0.2) is 4.99 Å². The van der Waals surface area contributed by atoms with Gasteiger partial charge in [0.1, 0.15) is 6.54 Å². The number of nitrogens with one attached hydrogen (secondary N) is 1. The lowest BCUT2D eigenvalue weighted by Crippen LogP contribution is -2.42. The van der Waals surface area contributed by atoms with Crippen LogP contribution in [-0.4, -0.2) is 75.7 Å². The van der Waals surface area contributed by atoms with E-state index in [1.165, 1.54) is 0 Å². The van der Waals surface area contributed by atoms with Gasteiger partial charge in [0.25, 0.3) is 0 Å². The summed E-state index contributed by atoms with van der Waals surface area (Å²) in [7, 11) is 5.53. The zero-order chi connectivity index (χ0) is 15.7. The number of likely N-dealkylation sites (N-methyl/N-ethyl adjacent to an activating group) is 1. The average Bonchev–Trinajstić information content (AvgIpc) is 2.94. The van der Waals surface area contributed by atoms with Crippen LogP contribution in [-0.2, 0) is 9.53 Å². The van der Waals surface area contributed by atoms with Crippen LogP contribution in [0.4, 0.5) is 0 Å². The molecule has 0 bridgehead atoms. The van der Waals surface area contributed by atoms with Gasteiger partial charge in [0, 0.05) is 46.8 Å². The third kappa shape index (κ3) is 8.17. The Morgan fingerprint density at radius 3 is 2.64 bits per heavy atom. The minimum absolute atomic E-state index is 0. The van der Waals surface area contributed by atoms with Gasteiger partial charge in [-0.2, -0.15) is 0 Å². The van der Waals surface area contributed by atoms with Crippen LogP contribution in [0.15, 0.2) is 4.99 Å². The highest BCUT2D eigenvalue weighted by Crippen LogP contribution is 2.13. The highest BCUT2D eigenvalue weighted by Gasteiger charge is 2.19. The molecule has 6 nitrogen and oxygen atoms in total. The van der Waals surface area contributed by atoms with Crippen LogP contribution in [0.5, 0.6) is 0 Å². The zero-order valence-electron chi connectivity index (χ0n) is 14.3. The minimum Gasteiger partial charge on any atom is -0.381 e. The first kappa shape index (κ1) is 21.4. The Morgan fingerprint density at radius 2 is 2.09 bits per heavy atom. The van der Waals surface area contributed by atoms with Crippen LogP contribution in [0.1, 0.15) is 26.2 Å². The summed E-state index contributed by atoms with van der Waals surface area (Å²) in [4.78, 5) is 19.8. The summed E-state index contributed by atoms with van der Waals surface area (Å²) in [5.41, 5.74) is 0. The number of halogens is 1. The van der Waals surface area contributed by atoms with Gasteiger partial charge in [0.15, 0.2) is 5.96 Å². The van der Waals surface area contributed by atoms with Gasteiger partial charge >= 0.3 is 0 Å². The van der Waals surface area contributed by atoms with Crippen molar-refractivity contribution in [3.63, 3.8) is 0 Å². The highest BCUT2D eigenvalue weighted by atomic mass is 127. The van der Waals surface area contributed by atoms with Crippen LogP contribution in [0.25, 0.3) is 0 Å². The molecule has 0 spiro atoms. The summed E-state index contributed by atoms with van der Waals surface area (Å²) in [5, 5.41) is 3.35. The molecular formula is C15H31IN4O2. The maximum absolute atomic E-state index is 11.7. The minimum atomic E-state index is 0. The summed E-state index contributed by atoms with van der Waals surface area (Å²) in [6.07, 6.45) is 3.33. The molecule has 1 aliphatic heterocycles. The van der Waals surface area contributed by atoms with Crippen molar-refractivity contribution >= 4 is 35.8 Å². The van der Waals surface area contributed by atoms with Crippen LogP contribution < -0.4 is 5.32 Å². The normalized spacial score (nSPS) is 17.8. The first-order valence-corrected chi connectivity index (χ1v) is 7.82. The molecule has 1 atom stereocenters. The van der Waals surface area contributed by atoms with Gasteiger partial charge in [-0.1, -0.05) is 13.3 Å². The number of rotatable bonds is 7. The fraction of sp³-hybridized carbons (Fsp3) is 0.867. The van der Waals surface area contributed by atoms with Crippen LogP contribution >= 0.6 is 24.0 Å². The predicted octanol–water partition coefficient (Wildman–Crippen LogP) is 1.41. The van der Waals surface area contributed by atoms with Crippen molar-refractivity contribution in [2.75, 3.05) is 54.0 Å². The molecule has 1 amide bonds. The fourth-order valence-corrected chi connectivity index (χ4v) is 2.17. The number of carbonyl (C=O) groups is 1. The smallest absolute Gasteiger partial charge is 0.243 e. The first-order chi connectivity index (χ1) is 10.0. The second kappa shape index (κ2) is 11.9. The SMILES string of the molecule is CCCCNC(=NCC(=O)N(C)C)N(C)CC1CCOC1.I. The highest BCUT2D eigenvalue weighted by molar-refractivity contribution is 14.0. The fourth-order valence-electron chi connectivity index (χ4n) is 2.17. The van der Waals surface area contributed by atoms with Crippen molar-refractivity contribution < 1.29 is 9.53 Å². The number of amides is 1. The van der Waals surface area contributed by atoms with E-state index < -0.39 is 0 Å². The van der Waals surface area contributed by atoms with Crippen LogP contribution in [0.3, 0.4) is 0 Å². The van der Waals surface area contributed by atoms with E-state index in [1.807, 2.05) is 7.05 Å². The summed E-state index contributed by atoms with van der Waals surface area (Å²) in [5.74, 6) is 1.38. The Bertz CT molecular complexity index is 344. The quantitative estimate of drug-likeness (QED) is 0.290. The predicted molar refractivity (Wildman–Crippen MR) is 101 cm³/mol. The molecule has 7 heteroatoms. The van der Waals surface area contributed by atoms with E-state index in [2.05, 4.69) is 22.1 Å². The molecule has 0 radical (unpaired) electrons. The van der Waals surface area contributed by atoms with Crippen molar-refractivity contribution in [3.8, 4) is 0 Å². The molecule has 130 valence electrons. The molecule has 0 aromatic carbocycles. The topological polar surface area (TPSA) is 57.2 Å². The van der Waals surface area contributed by atoms with Crippen LogP contribution in [0.2, 0.25) is 0 Å². The molecule has 1 heterocycles. The number of nitrogens with zero attached hydrogens (tertiary/aromatic N) is 3. The lowest BCUT2D eigenvalue weighted by Gasteiger charge is -2.25.